The van der Waals surface area contributed by atoms with Crippen LogP contribution in [0.5, 0.6) is 0 Å². The largest absolute Gasteiger partial charge is 0.375 e. The molecule has 8 aromatic rings. The van der Waals surface area contributed by atoms with Gasteiger partial charge < -0.3 is 9.38 Å². The highest BCUT2D eigenvalue weighted by Gasteiger charge is 2.43. The highest BCUT2D eigenvalue weighted by molar-refractivity contribution is 7.17. The smallest absolute Gasteiger partial charge is 0.333 e. The van der Waals surface area contributed by atoms with Gasteiger partial charge in [0.05, 0.1) is 5.69 Å². The number of benzene rings is 6. The second-order valence-electron chi connectivity index (χ2n) is 14.6. The third-order valence-corrected chi connectivity index (χ3v) is 12.2. The summed E-state index contributed by atoms with van der Waals surface area (Å²) in [5, 5.41) is 5.07. The number of aryl methyl sites for hydroxylation is 6. The Hall–Kier alpha value is -5.32. The molecule has 0 fully saturated rings. The quantitative estimate of drug-likeness (QED) is 0.171. The Morgan fingerprint density at radius 2 is 1.20 bits per heavy atom. The minimum absolute atomic E-state index is 0.0776. The van der Waals surface area contributed by atoms with Crippen LogP contribution in [0.2, 0.25) is 0 Å². The van der Waals surface area contributed by atoms with E-state index in [-0.39, 0.29) is 6.85 Å². The third kappa shape index (κ3) is 4.03. The van der Waals surface area contributed by atoms with Crippen molar-refractivity contribution in [1.29, 1.82) is 0 Å². The molecule has 4 heteroatoms. The lowest BCUT2D eigenvalue weighted by Crippen LogP contribution is -2.55. The molecule has 2 aliphatic rings. The van der Waals surface area contributed by atoms with E-state index in [0.717, 1.165) is 0 Å². The maximum Gasteiger partial charge on any atom is 0.333 e. The summed E-state index contributed by atoms with van der Waals surface area (Å²) in [5.74, 6) is 0. The number of hydrogen-bond acceptors (Lipinski definition) is 2. The van der Waals surface area contributed by atoms with Gasteiger partial charge in [0.25, 0.3) is 0 Å². The van der Waals surface area contributed by atoms with Gasteiger partial charge in [0.2, 0.25) is 0 Å². The summed E-state index contributed by atoms with van der Waals surface area (Å²) in [6.45, 7) is 13.5. The van der Waals surface area contributed by atoms with Crippen molar-refractivity contribution in [3.05, 3.63) is 148 Å². The van der Waals surface area contributed by atoms with Crippen molar-refractivity contribution in [2.45, 2.75) is 41.5 Å². The van der Waals surface area contributed by atoms with E-state index in [4.69, 9.17) is 0 Å². The van der Waals surface area contributed by atoms with Crippen LogP contribution in [-0.2, 0) is 0 Å². The SMILES string of the molecule is Cc1cc(C)c(-c2cccc(N3c4cc(-c5c(C)cc(C)cc5C)ccc4B4c5c3csc5-c3cccc5c6ccccc6n4c35)c2)c(C)c1. The number of para-hydroxylation sites is 2. The molecule has 50 heavy (non-hydrogen) atoms. The normalized spacial score (nSPS) is 12.9. The van der Waals surface area contributed by atoms with Crippen molar-refractivity contribution in [1.82, 2.24) is 4.48 Å². The van der Waals surface area contributed by atoms with Crippen LogP contribution in [-0.4, -0.2) is 11.3 Å². The summed E-state index contributed by atoms with van der Waals surface area (Å²) in [4.78, 5) is 3.94. The second kappa shape index (κ2) is 10.6. The number of thiophene rings is 1. The topological polar surface area (TPSA) is 8.17 Å². The molecule has 4 heterocycles. The number of rotatable bonds is 3. The van der Waals surface area contributed by atoms with E-state index in [1.165, 1.54) is 116 Å². The van der Waals surface area contributed by atoms with Gasteiger partial charge in [-0.05, 0) is 121 Å². The van der Waals surface area contributed by atoms with Crippen LogP contribution in [0, 0.1) is 41.5 Å². The summed E-state index contributed by atoms with van der Waals surface area (Å²) in [6.07, 6.45) is 0. The van der Waals surface area contributed by atoms with Gasteiger partial charge >= 0.3 is 6.85 Å². The molecule has 0 atom stereocenters. The van der Waals surface area contributed by atoms with E-state index < -0.39 is 0 Å². The highest BCUT2D eigenvalue weighted by atomic mass is 32.1. The molecular formula is C46H37BN2S. The minimum atomic E-state index is 0.0776. The number of anilines is 3. The van der Waals surface area contributed by atoms with Crippen molar-refractivity contribution in [2.75, 3.05) is 4.90 Å². The highest BCUT2D eigenvalue weighted by Crippen LogP contribution is 2.48. The molecule has 2 aliphatic heterocycles. The Labute approximate surface area is 298 Å². The lowest BCUT2D eigenvalue weighted by Gasteiger charge is -2.38. The third-order valence-electron chi connectivity index (χ3n) is 11.2. The Morgan fingerprint density at radius 3 is 1.92 bits per heavy atom. The molecule has 0 aliphatic carbocycles. The fourth-order valence-corrected chi connectivity index (χ4v) is 10.6. The van der Waals surface area contributed by atoms with Gasteiger partial charge in [-0.1, -0.05) is 96.1 Å². The maximum absolute atomic E-state index is 2.65. The maximum atomic E-state index is 2.65. The van der Waals surface area contributed by atoms with Gasteiger partial charge in [0.1, 0.15) is 0 Å². The van der Waals surface area contributed by atoms with Crippen LogP contribution in [0.25, 0.3) is 54.5 Å². The minimum Gasteiger partial charge on any atom is -0.375 e. The number of hydrogen-bond donors (Lipinski definition) is 0. The van der Waals surface area contributed by atoms with Crippen LogP contribution in [0.1, 0.15) is 33.4 Å². The first kappa shape index (κ1) is 29.6. The summed E-state index contributed by atoms with van der Waals surface area (Å²) in [7, 11) is 0. The van der Waals surface area contributed by atoms with E-state index in [2.05, 4.69) is 165 Å². The Morgan fingerprint density at radius 1 is 0.560 bits per heavy atom. The van der Waals surface area contributed by atoms with Gasteiger partial charge in [-0.15, -0.1) is 11.3 Å². The molecule has 6 aromatic carbocycles. The molecule has 0 unspecified atom stereocenters. The molecule has 2 nitrogen and oxygen atoms in total. The van der Waals surface area contributed by atoms with Gasteiger partial charge in [-0.25, -0.2) is 0 Å². The molecule has 0 N–H and O–H groups in total. The average molecular weight is 661 g/mol. The molecule has 2 aromatic heterocycles. The van der Waals surface area contributed by atoms with Crippen molar-refractivity contribution < 1.29 is 0 Å². The lowest BCUT2D eigenvalue weighted by molar-refractivity contribution is 1.26. The van der Waals surface area contributed by atoms with E-state index >= 15 is 0 Å². The summed E-state index contributed by atoms with van der Waals surface area (Å²) in [5.41, 5.74) is 23.5. The zero-order valence-corrected chi connectivity index (χ0v) is 30.2. The van der Waals surface area contributed by atoms with Crippen LogP contribution in [0.15, 0.2) is 115 Å². The molecule has 0 saturated heterocycles. The van der Waals surface area contributed by atoms with Crippen LogP contribution >= 0.6 is 11.3 Å². The molecule has 240 valence electrons. The first-order valence-electron chi connectivity index (χ1n) is 17.6. The summed E-state index contributed by atoms with van der Waals surface area (Å²) < 4.78 is 2.65. The zero-order chi connectivity index (χ0) is 34.0. The first-order chi connectivity index (χ1) is 24.3. The lowest BCUT2D eigenvalue weighted by atomic mass is 9.46. The predicted octanol–water partition coefficient (Wildman–Crippen LogP) is 11.5. The average Bonchev–Trinajstić information content (AvgIpc) is 3.67. The fourth-order valence-electron chi connectivity index (χ4n) is 9.53. The molecule has 0 amide bonds. The number of fused-ring (bicyclic) bond motifs is 7. The fraction of sp³-hybridized carbons (Fsp3) is 0.130. The van der Waals surface area contributed by atoms with E-state index in [1.807, 2.05) is 11.3 Å². The first-order valence-corrected chi connectivity index (χ1v) is 18.5. The molecule has 0 bridgehead atoms. The molecule has 10 rings (SSSR count). The van der Waals surface area contributed by atoms with Crippen molar-refractivity contribution in [3.8, 4) is 32.7 Å². The number of aromatic nitrogens is 1. The Bertz CT molecular complexity index is 2700. The van der Waals surface area contributed by atoms with Crippen LogP contribution in [0.3, 0.4) is 0 Å². The van der Waals surface area contributed by atoms with Gasteiger partial charge in [0.15, 0.2) is 0 Å². The Balaban J connectivity index is 1.28. The van der Waals surface area contributed by atoms with Crippen molar-refractivity contribution >= 4 is 68.0 Å². The van der Waals surface area contributed by atoms with Crippen LogP contribution in [0.4, 0.5) is 17.1 Å². The zero-order valence-electron chi connectivity index (χ0n) is 29.3. The number of nitrogens with zero attached hydrogens (tertiary/aromatic N) is 2. The van der Waals surface area contributed by atoms with Gasteiger partial charge in [-0.2, -0.15) is 0 Å². The van der Waals surface area contributed by atoms with Gasteiger partial charge in [-0.3, -0.25) is 0 Å². The van der Waals surface area contributed by atoms with Crippen molar-refractivity contribution in [3.63, 3.8) is 0 Å². The summed E-state index contributed by atoms with van der Waals surface area (Å²) in [6, 6.07) is 41.6. The van der Waals surface area contributed by atoms with E-state index in [9.17, 15) is 0 Å². The monoisotopic (exact) mass is 660 g/mol. The Kier molecular flexibility index (Phi) is 6.27. The molecule has 0 radical (unpaired) electrons. The standard InChI is InChI=1S/C46H37BN2S/c1-26-19-28(3)42(29(4)20-26)32-11-9-12-34(23-32)48-40-24-33(43-30(5)21-27(2)22-31(43)6)17-18-38(40)47-44-41(48)25-50-46(44)37-15-10-14-36-35-13-7-8-16-39(35)49(47)45(36)37/h7-25H,1-6H3. The van der Waals surface area contributed by atoms with Crippen LogP contribution < -0.4 is 15.8 Å². The molecular weight excluding hydrogens is 623 g/mol. The molecule has 0 saturated carbocycles. The van der Waals surface area contributed by atoms with E-state index in [0.29, 0.717) is 0 Å². The van der Waals surface area contributed by atoms with E-state index in [1.54, 1.807) is 0 Å². The molecule has 0 spiro atoms. The summed E-state index contributed by atoms with van der Waals surface area (Å²) >= 11 is 1.90. The second-order valence-corrected chi connectivity index (χ2v) is 15.4. The van der Waals surface area contributed by atoms with Crippen molar-refractivity contribution in [2.24, 2.45) is 0 Å². The predicted molar refractivity (Wildman–Crippen MR) is 217 cm³/mol. The van der Waals surface area contributed by atoms with Gasteiger partial charge in [0, 0.05) is 49.0 Å².